The Morgan fingerprint density at radius 1 is 0.875 bits per heavy atom. The molecule has 0 amide bonds. The molecule has 0 radical (unpaired) electrons. The summed E-state index contributed by atoms with van der Waals surface area (Å²) in [5, 5.41) is 3.00. The third-order valence-electron chi connectivity index (χ3n) is 3.62. The van der Waals surface area contributed by atoms with Crippen LogP contribution in [0.5, 0.6) is 0 Å². The van der Waals surface area contributed by atoms with Gasteiger partial charge in [0.25, 0.3) is 0 Å². The largest absolute Gasteiger partial charge is 0.135 e. The fourth-order valence-electron chi connectivity index (χ4n) is 2.91. The molecule has 3 aromatic rings. The van der Waals surface area contributed by atoms with Crippen LogP contribution in [0.3, 0.4) is 0 Å². The average molecular weight is 224 g/mol. The second-order valence-electron chi connectivity index (χ2n) is 4.53. The second-order valence-corrected chi connectivity index (χ2v) is 5.61. The number of hydrogen-bond donors (Lipinski definition) is 0. The van der Waals surface area contributed by atoms with Gasteiger partial charge in [0.2, 0.25) is 0 Å². The molecule has 0 spiro atoms. The van der Waals surface area contributed by atoms with Gasteiger partial charge in [0, 0.05) is 20.2 Å². The van der Waals surface area contributed by atoms with Crippen molar-refractivity contribution in [2.24, 2.45) is 0 Å². The molecule has 1 heteroatoms. The minimum Gasteiger partial charge on any atom is -0.135 e. The van der Waals surface area contributed by atoms with Gasteiger partial charge in [-0.25, -0.2) is 0 Å². The molecule has 0 aliphatic heterocycles. The van der Waals surface area contributed by atoms with E-state index in [-0.39, 0.29) is 0 Å². The smallest absolute Gasteiger partial charge is 0.0358 e. The fraction of sp³-hybridized carbons (Fsp3) is 0.200. The van der Waals surface area contributed by atoms with E-state index in [1.165, 1.54) is 39.4 Å². The molecule has 0 saturated heterocycles. The van der Waals surface area contributed by atoms with Crippen molar-refractivity contribution < 1.29 is 0 Å². The Balaban J connectivity index is 2.27. The summed E-state index contributed by atoms with van der Waals surface area (Å²) in [7, 11) is 0. The lowest BCUT2D eigenvalue weighted by molar-refractivity contribution is 0.913. The van der Waals surface area contributed by atoms with Crippen LogP contribution in [0.15, 0.2) is 36.4 Å². The molecule has 0 fully saturated rings. The predicted molar refractivity (Wildman–Crippen MR) is 71.4 cm³/mol. The van der Waals surface area contributed by atoms with Gasteiger partial charge in [0.15, 0.2) is 0 Å². The van der Waals surface area contributed by atoms with Crippen molar-refractivity contribution in [3.63, 3.8) is 0 Å². The Morgan fingerprint density at radius 2 is 1.81 bits per heavy atom. The molecule has 1 aliphatic rings. The molecule has 1 heterocycles. The third kappa shape index (κ3) is 1.04. The van der Waals surface area contributed by atoms with Crippen LogP contribution in [0.4, 0.5) is 0 Å². The summed E-state index contributed by atoms with van der Waals surface area (Å²) in [5.41, 5.74) is 3.20. The maximum Gasteiger partial charge on any atom is 0.0358 e. The molecule has 0 N–H and O–H groups in total. The van der Waals surface area contributed by atoms with Crippen LogP contribution >= 0.6 is 11.3 Å². The van der Waals surface area contributed by atoms with E-state index in [4.69, 9.17) is 0 Å². The molecule has 4 rings (SSSR count). The van der Waals surface area contributed by atoms with Crippen molar-refractivity contribution in [2.75, 3.05) is 0 Å². The zero-order chi connectivity index (χ0) is 10.5. The van der Waals surface area contributed by atoms with Gasteiger partial charge in [-0.05, 0) is 42.5 Å². The zero-order valence-corrected chi connectivity index (χ0v) is 9.81. The van der Waals surface area contributed by atoms with Crippen molar-refractivity contribution >= 4 is 31.5 Å². The number of fused-ring (bicyclic) bond motifs is 5. The summed E-state index contributed by atoms with van der Waals surface area (Å²) in [5.74, 6) is 0. The van der Waals surface area contributed by atoms with E-state index < -0.39 is 0 Å². The summed E-state index contributed by atoms with van der Waals surface area (Å²) < 4.78 is 2.89. The van der Waals surface area contributed by atoms with Crippen molar-refractivity contribution in [1.82, 2.24) is 0 Å². The van der Waals surface area contributed by atoms with Gasteiger partial charge in [-0.3, -0.25) is 0 Å². The van der Waals surface area contributed by atoms with Crippen LogP contribution in [0.1, 0.15) is 17.5 Å². The van der Waals surface area contributed by atoms with E-state index >= 15 is 0 Å². The zero-order valence-electron chi connectivity index (χ0n) is 8.99. The molecule has 78 valence electrons. The molecular weight excluding hydrogens is 212 g/mol. The first-order chi connectivity index (χ1) is 7.93. The standard InChI is InChI=1S/C15H12S/c1-2-7-13-12(5-1)15-11-6-3-4-10(11)8-9-14(15)16-13/h1-2,5,7-9H,3-4,6H2. The third-order valence-corrected chi connectivity index (χ3v) is 4.76. The molecule has 0 unspecified atom stereocenters. The molecule has 0 saturated carbocycles. The van der Waals surface area contributed by atoms with E-state index in [9.17, 15) is 0 Å². The first-order valence-electron chi connectivity index (χ1n) is 5.85. The SMILES string of the molecule is c1ccc2c(c1)sc1ccc3c(c12)CCC3. The topological polar surface area (TPSA) is 0 Å². The minimum atomic E-state index is 1.27. The molecule has 2 aromatic carbocycles. The van der Waals surface area contributed by atoms with Gasteiger partial charge >= 0.3 is 0 Å². The highest BCUT2D eigenvalue weighted by Gasteiger charge is 2.16. The lowest BCUT2D eigenvalue weighted by Crippen LogP contribution is -1.81. The predicted octanol–water partition coefficient (Wildman–Crippen LogP) is 4.54. The average Bonchev–Trinajstić information content (AvgIpc) is 2.91. The summed E-state index contributed by atoms with van der Waals surface area (Å²) in [4.78, 5) is 0. The van der Waals surface area contributed by atoms with Gasteiger partial charge < -0.3 is 0 Å². The van der Waals surface area contributed by atoms with Gasteiger partial charge in [0.1, 0.15) is 0 Å². The van der Waals surface area contributed by atoms with Crippen LogP contribution in [0, 0.1) is 0 Å². The number of thiophene rings is 1. The molecular formula is C15H12S. The molecule has 16 heavy (non-hydrogen) atoms. The highest BCUT2D eigenvalue weighted by molar-refractivity contribution is 7.25. The summed E-state index contributed by atoms with van der Waals surface area (Å²) >= 11 is 1.93. The molecule has 1 aromatic heterocycles. The second kappa shape index (κ2) is 3.08. The lowest BCUT2D eigenvalue weighted by Gasteiger charge is -2.01. The summed E-state index contributed by atoms with van der Waals surface area (Å²) in [6.45, 7) is 0. The van der Waals surface area contributed by atoms with Crippen LogP contribution < -0.4 is 0 Å². The van der Waals surface area contributed by atoms with Crippen molar-refractivity contribution in [2.45, 2.75) is 19.3 Å². The number of rotatable bonds is 0. The van der Waals surface area contributed by atoms with Crippen molar-refractivity contribution in [3.05, 3.63) is 47.5 Å². The van der Waals surface area contributed by atoms with Crippen LogP contribution in [-0.2, 0) is 12.8 Å². The maximum absolute atomic E-state index is 2.33. The monoisotopic (exact) mass is 224 g/mol. The Bertz CT molecular complexity index is 691. The van der Waals surface area contributed by atoms with E-state index in [1.54, 1.807) is 11.1 Å². The van der Waals surface area contributed by atoms with E-state index in [1.807, 2.05) is 11.3 Å². The maximum atomic E-state index is 2.33. The van der Waals surface area contributed by atoms with Crippen LogP contribution in [0.2, 0.25) is 0 Å². The normalized spacial score (nSPS) is 14.8. The lowest BCUT2D eigenvalue weighted by atomic mass is 10.0. The highest BCUT2D eigenvalue weighted by atomic mass is 32.1. The Labute approximate surface area is 98.5 Å². The molecule has 0 bridgehead atoms. The minimum absolute atomic E-state index is 1.27. The van der Waals surface area contributed by atoms with Crippen molar-refractivity contribution in [1.29, 1.82) is 0 Å². The van der Waals surface area contributed by atoms with Gasteiger partial charge in [0.05, 0.1) is 0 Å². The molecule has 0 nitrogen and oxygen atoms in total. The number of aryl methyl sites for hydroxylation is 2. The molecule has 0 atom stereocenters. The molecule has 1 aliphatic carbocycles. The summed E-state index contributed by atoms with van der Waals surface area (Å²) in [6, 6.07) is 13.4. The van der Waals surface area contributed by atoms with Gasteiger partial charge in [-0.1, -0.05) is 24.3 Å². The fourth-order valence-corrected chi connectivity index (χ4v) is 4.04. The van der Waals surface area contributed by atoms with Crippen LogP contribution in [0.25, 0.3) is 20.2 Å². The first-order valence-corrected chi connectivity index (χ1v) is 6.67. The van der Waals surface area contributed by atoms with Crippen molar-refractivity contribution in [3.8, 4) is 0 Å². The highest BCUT2D eigenvalue weighted by Crippen LogP contribution is 2.39. The van der Waals surface area contributed by atoms with Crippen LogP contribution in [-0.4, -0.2) is 0 Å². The van der Waals surface area contributed by atoms with E-state index in [2.05, 4.69) is 36.4 Å². The number of hydrogen-bond acceptors (Lipinski definition) is 1. The number of benzene rings is 2. The van der Waals surface area contributed by atoms with E-state index in [0.29, 0.717) is 0 Å². The Kier molecular flexibility index (Phi) is 1.69. The van der Waals surface area contributed by atoms with Gasteiger partial charge in [-0.2, -0.15) is 0 Å². The van der Waals surface area contributed by atoms with E-state index in [0.717, 1.165) is 0 Å². The summed E-state index contributed by atoms with van der Waals surface area (Å²) in [6.07, 6.45) is 3.88. The first kappa shape index (κ1) is 8.77. The quantitative estimate of drug-likeness (QED) is 0.526. The van der Waals surface area contributed by atoms with Gasteiger partial charge in [-0.15, -0.1) is 11.3 Å². The Hall–Kier alpha value is -1.34. The Morgan fingerprint density at radius 3 is 2.81 bits per heavy atom.